The molecule has 1 atom stereocenters. The highest BCUT2D eigenvalue weighted by molar-refractivity contribution is 5.94. The molecular weight excluding hydrogens is 366 g/mol. The zero-order valence-corrected chi connectivity index (χ0v) is 16.4. The second-order valence-corrected chi connectivity index (χ2v) is 7.14. The van der Waals surface area contributed by atoms with E-state index in [4.69, 9.17) is 0 Å². The molecule has 3 aromatic rings. The maximum atomic E-state index is 12.4. The largest absolute Gasteiger partial charge is 0.394 e. The SMILES string of the molecule is C[C](Cc1c[nH]c2ccccc12)C(=O)NCC(=O)NC(CO)Cc1ccccc1. The minimum Gasteiger partial charge on any atom is -0.394 e. The van der Waals surface area contributed by atoms with Crippen molar-refractivity contribution in [1.82, 2.24) is 15.6 Å². The quantitative estimate of drug-likeness (QED) is 0.449. The molecule has 1 radical (unpaired) electrons. The van der Waals surface area contributed by atoms with Crippen molar-refractivity contribution in [2.24, 2.45) is 0 Å². The van der Waals surface area contributed by atoms with E-state index in [9.17, 15) is 14.7 Å². The van der Waals surface area contributed by atoms with E-state index in [1.165, 1.54) is 0 Å². The lowest BCUT2D eigenvalue weighted by atomic mass is 10.00. The molecule has 0 saturated heterocycles. The average Bonchev–Trinajstić information content (AvgIpc) is 3.15. The van der Waals surface area contributed by atoms with Crippen LogP contribution in [-0.2, 0) is 22.4 Å². The summed E-state index contributed by atoms with van der Waals surface area (Å²) < 4.78 is 0. The summed E-state index contributed by atoms with van der Waals surface area (Å²) in [5.74, 6) is 0.0489. The lowest BCUT2D eigenvalue weighted by Gasteiger charge is -2.17. The predicted octanol–water partition coefficient (Wildman–Crippen LogP) is 2.14. The number of hydrogen-bond acceptors (Lipinski definition) is 3. The van der Waals surface area contributed by atoms with E-state index in [1.54, 1.807) is 6.92 Å². The van der Waals surface area contributed by atoms with Crippen LogP contribution in [0.25, 0.3) is 10.9 Å². The summed E-state index contributed by atoms with van der Waals surface area (Å²) in [7, 11) is 0. The van der Waals surface area contributed by atoms with Crippen LogP contribution in [0.5, 0.6) is 0 Å². The number of aliphatic hydroxyl groups is 1. The van der Waals surface area contributed by atoms with Crippen molar-refractivity contribution in [3.05, 3.63) is 77.8 Å². The molecule has 0 saturated carbocycles. The van der Waals surface area contributed by atoms with Gasteiger partial charge >= 0.3 is 0 Å². The molecule has 3 rings (SSSR count). The standard InChI is InChI=1S/C23H26N3O3/c1-16(11-18-13-24-21-10-6-5-9-20(18)21)23(29)25-14-22(28)26-19(15-27)12-17-7-3-2-4-8-17/h2-10,13,19,24,27H,11-12,14-15H2,1H3,(H,25,29)(H,26,28). The highest BCUT2D eigenvalue weighted by Crippen LogP contribution is 2.21. The van der Waals surface area contributed by atoms with Crippen molar-refractivity contribution >= 4 is 22.7 Å². The summed E-state index contributed by atoms with van der Waals surface area (Å²) in [6.07, 6.45) is 2.94. The van der Waals surface area contributed by atoms with E-state index in [0.29, 0.717) is 18.8 Å². The Morgan fingerprint density at radius 2 is 1.79 bits per heavy atom. The smallest absolute Gasteiger partial charge is 0.239 e. The second-order valence-electron chi connectivity index (χ2n) is 7.14. The highest BCUT2D eigenvalue weighted by Gasteiger charge is 2.18. The zero-order chi connectivity index (χ0) is 20.6. The first-order valence-corrected chi connectivity index (χ1v) is 9.66. The van der Waals surface area contributed by atoms with Crippen molar-refractivity contribution in [3.63, 3.8) is 0 Å². The number of aromatic amines is 1. The summed E-state index contributed by atoms with van der Waals surface area (Å²) in [4.78, 5) is 27.7. The Morgan fingerprint density at radius 1 is 1.07 bits per heavy atom. The molecule has 4 N–H and O–H groups in total. The van der Waals surface area contributed by atoms with E-state index in [0.717, 1.165) is 22.0 Å². The van der Waals surface area contributed by atoms with Crippen LogP contribution in [0.2, 0.25) is 0 Å². The fourth-order valence-corrected chi connectivity index (χ4v) is 3.29. The Kier molecular flexibility index (Phi) is 7.03. The first-order valence-electron chi connectivity index (χ1n) is 9.66. The van der Waals surface area contributed by atoms with Crippen LogP contribution in [0.15, 0.2) is 60.8 Å². The van der Waals surface area contributed by atoms with Gasteiger partial charge in [-0.15, -0.1) is 0 Å². The second kappa shape index (κ2) is 9.89. The van der Waals surface area contributed by atoms with Crippen LogP contribution in [0.3, 0.4) is 0 Å². The lowest BCUT2D eigenvalue weighted by molar-refractivity contribution is -0.125. The third-order valence-corrected chi connectivity index (χ3v) is 4.84. The van der Waals surface area contributed by atoms with Gasteiger partial charge in [0, 0.05) is 17.1 Å². The van der Waals surface area contributed by atoms with Gasteiger partial charge in [0.1, 0.15) is 0 Å². The Balaban J connectivity index is 1.47. The number of rotatable bonds is 9. The van der Waals surface area contributed by atoms with Gasteiger partial charge in [-0.3, -0.25) is 9.59 Å². The number of benzene rings is 2. The fourth-order valence-electron chi connectivity index (χ4n) is 3.29. The lowest BCUT2D eigenvalue weighted by Crippen LogP contribution is -2.45. The molecule has 0 aliphatic heterocycles. The number of nitrogens with one attached hydrogen (secondary N) is 3. The predicted molar refractivity (Wildman–Crippen MR) is 113 cm³/mol. The van der Waals surface area contributed by atoms with Gasteiger partial charge in [0.15, 0.2) is 0 Å². The first kappa shape index (κ1) is 20.6. The summed E-state index contributed by atoms with van der Waals surface area (Å²) in [6.45, 7) is 1.47. The molecule has 1 heterocycles. The number of para-hydroxylation sites is 1. The number of carbonyl (C=O) groups excluding carboxylic acids is 2. The number of H-pyrrole nitrogens is 1. The average molecular weight is 392 g/mol. The molecule has 1 aromatic heterocycles. The summed E-state index contributed by atoms with van der Waals surface area (Å²) in [5, 5.41) is 16.0. The van der Waals surface area contributed by atoms with Gasteiger partial charge < -0.3 is 20.7 Å². The molecule has 6 nitrogen and oxygen atoms in total. The maximum Gasteiger partial charge on any atom is 0.239 e. The molecular formula is C23H26N3O3. The Labute approximate surface area is 170 Å². The Bertz CT molecular complexity index is 952. The first-order chi connectivity index (χ1) is 14.1. The molecule has 29 heavy (non-hydrogen) atoms. The topological polar surface area (TPSA) is 94.2 Å². The van der Waals surface area contributed by atoms with Crippen LogP contribution < -0.4 is 10.6 Å². The van der Waals surface area contributed by atoms with Gasteiger partial charge in [0.05, 0.1) is 25.1 Å². The van der Waals surface area contributed by atoms with Crippen LogP contribution in [0.4, 0.5) is 0 Å². The fraction of sp³-hybridized carbons (Fsp3) is 0.261. The number of carbonyl (C=O) groups is 2. The molecule has 0 aliphatic carbocycles. The number of aromatic nitrogens is 1. The van der Waals surface area contributed by atoms with Crippen molar-refractivity contribution in [3.8, 4) is 0 Å². The third-order valence-electron chi connectivity index (χ3n) is 4.84. The summed E-state index contributed by atoms with van der Waals surface area (Å²) in [6, 6.07) is 17.2. The molecule has 2 aromatic carbocycles. The van der Waals surface area contributed by atoms with Gasteiger partial charge in [0.2, 0.25) is 11.8 Å². The van der Waals surface area contributed by atoms with Gasteiger partial charge in [-0.05, 0) is 37.0 Å². The van der Waals surface area contributed by atoms with Gasteiger partial charge in [-0.25, -0.2) is 0 Å². The number of hydrogen-bond donors (Lipinski definition) is 4. The number of amides is 2. The van der Waals surface area contributed by atoms with E-state index in [1.807, 2.05) is 60.8 Å². The van der Waals surface area contributed by atoms with Crippen LogP contribution in [-0.4, -0.2) is 41.1 Å². The van der Waals surface area contributed by atoms with E-state index in [-0.39, 0.29) is 25.0 Å². The monoisotopic (exact) mass is 392 g/mol. The molecule has 0 fully saturated rings. The Morgan fingerprint density at radius 3 is 2.55 bits per heavy atom. The zero-order valence-electron chi connectivity index (χ0n) is 16.4. The molecule has 151 valence electrons. The minimum atomic E-state index is -0.391. The van der Waals surface area contributed by atoms with Crippen molar-refractivity contribution in [1.29, 1.82) is 0 Å². The maximum absolute atomic E-state index is 12.4. The molecule has 0 aliphatic rings. The summed E-state index contributed by atoms with van der Waals surface area (Å²) >= 11 is 0. The van der Waals surface area contributed by atoms with Crippen LogP contribution in [0.1, 0.15) is 18.1 Å². The summed E-state index contributed by atoms with van der Waals surface area (Å²) in [5.41, 5.74) is 3.10. The number of aliphatic hydroxyl groups excluding tert-OH is 1. The van der Waals surface area contributed by atoms with E-state index in [2.05, 4.69) is 15.6 Å². The Hall–Kier alpha value is -3.12. The van der Waals surface area contributed by atoms with Crippen molar-refractivity contribution in [2.45, 2.75) is 25.8 Å². The van der Waals surface area contributed by atoms with Crippen LogP contribution >= 0.6 is 0 Å². The van der Waals surface area contributed by atoms with Crippen molar-refractivity contribution < 1.29 is 14.7 Å². The van der Waals surface area contributed by atoms with Gasteiger partial charge in [-0.2, -0.15) is 0 Å². The van der Waals surface area contributed by atoms with Crippen LogP contribution in [0, 0.1) is 5.92 Å². The van der Waals surface area contributed by atoms with Gasteiger partial charge in [-0.1, -0.05) is 48.5 Å². The van der Waals surface area contributed by atoms with E-state index < -0.39 is 6.04 Å². The molecule has 0 spiro atoms. The van der Waals surface area contributed by atoms with Gasteiger partial charge in [0.25, 0.3) is 0 Å². The molecule has 1 unspecified atom stereocenters. The molecule has 6 heteroatoms. The van der Waals surface area contributed by atoms with E-state index >= 15 is 0 Å². The highest BCUT2D eigenvalue weighted by atomic mass is 16.3. The normalized spacial score (nSPS) is 12.1. The molecule has 0 bridgehead atoms. The molecule has 2 amide bonds. The minimum absolute atomic E-state index is 0.130. The third kappa shape index (κ3) is 5.68. The van der Waals surface area contributed by atoms with Crippen molar-refractivity contribution in [2.75, 3.05) is 13.2 Å². The number of fused-ring (bicyclic) bond motifs is 1.